The van der Waals surface area contributed by atoms with Crippen molar-refractivity contribution in [2.75, 3.05) is 45.3 Å². The van der Waals surface area contributed by atoms with E-state index < -0.39 is 0 Å². The molecule has 0 saturated carbocycles. The van der Waals surface area contributed by atoms with Crippen molar-refractivity contribution in [3.63, 3.8) is 0 Å². The van der Waals surface area contributed by atoms with Gasteiger partial charge in [0.15, 0.2) is 11.6 Å². The summed E-state index contributed by atoms with van der Waals surface area (Å²) < 4.78 is 9.99. The first-order valence-electron chi connectivity index (χ1n) is 9.11. The summed E-state index contributed by atoms with van der Waals surface area (Å²) >= 11 is 3.46. The van der Waals surface area contributed by atoms with Crippen LogP contribution in [0.15, 0.2) is 34.7 Å². The molecule has 0 amide bonds. The summed E-state index contributed by atoms with van der Waals surface area (Å²) in [6, 6.07) is 8.25. The Morgan fingerprint density at radius 2 is 2.07 bits per heavy atom. The molecule has 5 rings (SSSR count). The average Bonchev–Trinajstić information content (AvgIpc) is 3.33. The van der Waals surface area contributed by atoms with Gasteiger partial charge in [0.1, 0.15) is 0 Å². The Labute approximate surface area is 170 Å². The van der Waals surface area contributed by atoms with E-state index in [0.717, 1.165) is 64.6 Å². The zero-order valence-corrected chi connectivity index (χ0v) is 17.3. The number of anilines is 1. The Morgan fingerprint density at radius 3 is 2.89 bits per heavy atom. The van der Waals surface area contributed by atoms with Gasteiger partial charge in [0.05, 0.1) is 39.4 Å². The molecule has 0 spiro atoms. The first kappa shape index (κ1) is 17.9. The Kier molecular flexibility index (Phi) is 4.67. The van der Waals surface area contributed by atoms with Gasteiger partial charge >= 0.3 is 0 Å². The van der Waals surface area contributed by atoms with Crippen LogP contribution in [0.5, 0.6) is 0 Å². The molecule has 0 bridgehead atoms. The molecule has 1 fully saturated rings. The third kappa shape index (κ3) is 3.24. The lowest BCUT2D eigenvalue weighted by Crippen LogP contribution is -2.36. The number of H-pyrrole nitrogens is 1. The molecule has 1 saturated heterocycles. The maximum Gasteiger partial charge on any atom is 0.162 e. The Morgan fingerprint density at radius 1 is 1.21 bits per heavy atom. The smallest absolute Gasteiger partial charge is 0.162 e. The van der Waals surface area contributed by atoms with Crippen molar-refractivity contribution in [1.29, 1.82) is 0 Å². The Balaban J connectivity index is 1.70. The Hall–Kier alpha value is -2.20. The maximum absolute atomic E-state index is 5.55. The molecule has 4 heterocycles. The second-order valence-electron chi connectivity index (χ2n) is 6.79. The standard InChI is InChI=1S/C19H20N6OS2/c1-24(2)28-16-10-15-17(27-16)19(25-6-8-26-9-7-25)22-18(21-15)12-4-3-5-14-13(12)11-20-23-14/h3-5,10-11H,6-9H2,1-2H3,(H,20,23). The van der Waals surface area contributed by atoms with Crippen molar-refractivity contribution in [3.05, 3.63) is 30.5 Å². The molecular formula is C19H20N6OS2. The van der Waals surface area contributed by atoms with E-state index in [1.54, 1.807) is 23.3 Å². The minimum atomic E-state index is 0.725. The average molecular weight is 413 g/mol. The number of nitrogens with one attached hydrogen (secondary N) is 1. The van der Waals surface area contributed by atoms with Gasteiger partial charge in [-0.15, -0.1) is 11.3 Å². The lowest BCUT2D eigenvalue weighted by molar-refractivity contribution is 0.122. The van der Waals surface area contributed by atoms with E-state index in [4.69, 9.17) is 14.7 Å². The number of benzene rings is 1. The lowest BCUT2D eigenvalue weighted by atomic mass is 10.1. The molecule has 1 aliphatic heterocycles. The lowest BCUT2D eigenvalue weighted by Gasteiger charge is -2.28. The van der Waals surface area contributed by atoms with Gasteiger partial charge in [-0.3, -0.25) is 9.40 Å². The van der Waals surface area contributed by atoms with Crippen LogP contribution < -0.4 is 4.90 Å². The summed E-state index contributed by atoms with van der Waals surface area (Å²) in [7, 11) is 4.10. The highest BCUT2D eigenvalue weighted by atomic mass is 32.2. The van der Waals surface area contributed by atoms with Gasteiger partial charge < -0.3 is 9.64 Å². The molecule has 0 atom stereocenters. The minimum absolute atomic E-state index is 0.725. The summed E-state index contributed by atoms with van der Waals surface area (Å²) in [6.07, 6.45) is 1.84. The van der Waals surface area contributed by atoms with Crippen molar-refractivity contribution in [2.24, 2.45) is 0 Å². The number of thiophene rings is 1. The molecule has 144 valence electrons. The summed E-state index contributed by atoms with van der Waals surface area (Å²) in [5, 5.41) is 8.25. The van der Waals surface area contributed by atoms with Gasteiger partial charge in [-0.05, 0) is 38.2 Å². The number of morpholine rings is 1. The van der Waals surface area contributed by atoms with Crippen LogP contribution in [0.4, 0.5) is 5.82 Å². The molecule has 1 aromatic carbocycles. The van der Waals surface area contributed by atoms with Crippen LogP contribution in [0.3, 0.4) is 0 Å². The van der Waals surface area contributed by atoms with E-state index in [0.29, 0.717) is 0 Å². The number of aromatic amines is 1. The summed E-state index contributed by atoms with van der Waals surface area (Å²) in [6.45, 7) is 3.14. The molecule has 7 nitrogen and oxygen atoms in total. The molecule has 28 heavy (non-hydrogen) atoms. The quantitative estimate of drug-likeness (QED) is 0.513. The second-order valence-corrected chi connectivity index (χ2v) is 9.45. The van der Waals surface area contributed by atoms with Gasteiger partial charge in [-0.1, -0.05) is 12.1 Å². The van der Waals surface area contributed by atoms with E-state index in [1.807, 2.05) is 18.3 Å². The molecule has 9 heteroatoms. The first-order chi connectivity index (χ1) is 13.7. The molecule has 4 aromatic rings. The number of hydrogen-bond acceptors (Lipinski definition) is 8. The first-order valence-corrected chi connectivity index (χ1v) is 10.7. The molecule has 0 radical (unpaired) electrons. The fourth-order valence-electron chi connectivity index (χ4n) is 3.39. The summed E-state index contributed by atoms with van der Waals surface area (Å²) in [5.74, 6) is 1.74. The third-order valence-corrected chi connectivity index (χ3v) is 6.69. The normalized spacial score (nSPS) is 15.2. The number of hydrogen-bond donors (Lipinski definition) is 1. The van der Waals surface area contributed by atoms with Crippen molar-refractivity contribution < 1.29 is 4.74 Å². The van der Waals surface area contributed by atoms with Crippen LogP contribution in [0.25, 0.3) is 32.5 Å². The van der Waals surface area contributed by atoms with Crippen LogP contribution in [0.2, 0.25) is 0 Å². The highest BCUT2D eigenvalue weighted by molar-refractivity contribution is 7.99. The molecular weight excluding hydrogens is 392 g/mol. The Bertz CT molecular complexity index is 1130. The van der Waals surface area contributed by atoms with Crippen LogP contribution in [-0.2, 0) is 4.74 Å². The fraction of sp³-hybridized carbons (Fsp3) is 0.316. The van der Waals surface area contributed by atoms with Gasteiger partial charge in [0.25, 0.3) is 0 Å². The summed E-state index contributed by atoms with van der Waals surface area (Å²) in [5.41, 5.74) is 2.97. The van der Waals surface area contributed by atoms with Crippen LogP contribution in [0, 0.1) is 0 Å². The van der Waals surface area contributed by atoms with Gasteiger partial charge in [0, 0.05) is 24.0 Å². The van der Waals surface area contributed by atoms with E-state index in [2.05, 4.69) is 45.6 Å². The molecule has 0 aliphatic carbocycles. The number of aromatic nitrogens is 4. The highest BCUT2D eigenvalue weighted by Crippen LogP contribution is 2.39. The maximum atomic E-state index is 5.55. The molecule has 1 N–H and O–H groups in total. The molecule has 0 unspecified atom stereocenters. The predicted octanol–water partition coefficient (Wildman–Crippen LogP) is 3.64. The fourth-order valence-corrected chi connectivity index (χ4v) is 5.61. The van der Waals surface area contributed by atoms with Gasteiger partial charge in [-0.2, -0.15) is 5.10 Å². The molecule has 3 aromatic heterocycles. The highest BCUT2D eigenvalue weighted by Gasteiger charge is 2.21. The topological polar surface area (TPSA) is 70.2 Å². The second kappa shape index (κ2) is 7.32. The van der Waals surface area contributed by atoms with Crippen LogP contribution >= 0.6 is 23.3 Å². The van der Waals surface area contributed by atoms with E-state index >= 15 is 0 Å². The van der Waals surface area contributed by atoms with E-state index in [9.17, 15) is 0 Å². The molecule has 1 aliphatic rings. The SMILES string of the molecule is CN(C)Sc1cc2nc(-c3cccc4[nH]ncc34)nc(N3CCOCC3)c2s1. The summed E-state index contributed by atoms with van der Waals surface area (Å²) in [4.78, 5) is 12.3. The van der Waals surface area contributed by atoms with Gasteiger partial charge in [0.2, 0.25) is 0 Å². The third-order valence-electron chi connectivity index (χ3n) is 4.64. The van der Waals surface area contributed by atoms with E-state index in [-0.39, 0.29) is 0 Å². The van der Waals surface area contributed by atoms with Crippen LogP contribution in [-0.4, -0.2) is 64.9 Å². The minimum Gasteiger partial charge on any atom is -0.378 e. The largest absolute Gasteiger partial charge is 0.378 e. The van der Waals surface area contributed by atoms with Crippen molar-refractivity contribution in [2.45, 2.75) is 4.21 Å². The number of nitrogens with zero attached hydrogens (tertiary/aromatic N) is 5. The number of fused-ring (bicyclic) bond motifs is 2. The predicted molar refractivity (Wildman–Crippen MR) is 115 cm³/mol. The number of ether oxygens (including phenoxy) is 1. The van der Waals surface area contributed by atoms with E-state index in [1.165, 1.54) is 4.21 Å². The van der Waals surface area contributed by atoms with Crippen molar-refractivity contribution >= 4 is 50.2 Å². The zero-order valence-electron chi connectivity index (χ0n) is 15.7. The monoisotopic (exact) mass is 412 g/mol. The van der Waals surface area contributed by atoms with Crippen molar-refractivity contribution in [1.82, 2.24) is 24.5 Å². The van der Waals surface area contributed by atoms with Crippen LogP contribution in [0.1, 0.15) is 0 Å². The number of rotatable bonds is 4. The van der Waals surface area contributed by atoms with Crippen molar-refractivity contribution in [3.8, 4) is 11.4 Å². The van der Waals surface area contributed by atoms with Gasteiger partial charge in [-0.25, -0.2) is 9.97 Å². The zero-order chi connectivity index (χ0) is 19.1.